The number of nitrogens with zero attached hydrogens (tertiary/aromatic N) is 2. The van der Waals surface area contributed by atoms with Crippen molar-refractivity contribution in [3.05, 3.63) is 88.2 Å². The molecule has 1 aliphatic heterocycles. The third-order valence-corrected chi connectivity index (χ3v) is 6.45. The van der Waals surface area contributed by atoms with Crippen LogP contribution in [0.15, 0.2) is 54.7 Å². The maximum atomic E-state index is 13.2. The fourth-order valence-electron chi connectivity index (χ4n) is 4.36. The van der Waals surface area contributed by atoms with Crippen molar-refractivity contribution >= 4 is 11.8 Å². The minimum absolute atomic E-state index is 0.0575. The van der Waals surface area contributed by atoms with E-state index in [9.17, 15) is 35.9 Å². The molecule has 0 spiro atoms. The van der Waals surface area contributed by atoms with Crippen molar-refractivity contribution in [2.75, 3.05) is 32.8 Å². The Morgan fingerprint density at radius 1 is 0.925 bits per heavy atom. The van der Waals surface area contributed by atoms with E-state index < -0.39 is 29.4 Å². The number of ether oxygens (including phenoxy) is 1. The molecule has 0 radical (unpaired) electrons. The van der Waals surface area contributed by atoms with Crippen LogP contribution in [0.1, 0.15) is 43.1 Å². The first kappa shape index (κ1) is 29.1. The quantitative estimate of drug-likeness (QED) is 0.399. The molecule has 2 heterocycles. The van der Waals surface area contributed by atoms with Crippen LogP contribution >= 0.6 is 0 Å². The van der Waals surface area contributed by atoms with Gasteiger partial charge in [0.2, 0.25) is 0 Å². The highest BCUT2D eigenvalue weighted by atomic mass is 19.4. The highest BCUT2D eigenvalue weighted by Crippen LogP contribution is 2.36. The number of nitrogens with one attached hydrogen (secondary N) is 1. The Hall–Kier alpha value is -3.93. The van der Waals surface area contributed by atoms with Gasteiger partial charge in [0.15, 0.2) is 0 Å². The predicted octanol–water partition coefficient (Wildman–Crippen LogP) is 5.54. The summed E-state index contributed by atoms with van der Waals surface area (Å²) in [6, 6.07) is 10.0. The number of carbonyl (C=O) groups excluding carboxylic acids is 2. The summed E-state index contributed by atoms with van der Waals surface area (Å²) in [5, 5.41) is 2.55. The molecule has 1 aliphatic rings. The summed E-state index contributed by atoms with van der Waals surface area (Å²) in [5.41, 5.74) is -0.944. The number of pyridine rings is 1. The van der Waals surface area contributed by atoms with Gasteiger partial charge in [-0.3, -0.25) is 14.6 Å². The number of aromatic nitrogens is 1. The van der Waals surface area contributed by atoms with Gasteiger partial charge in [0.1, 0.15) is 5.69 Å². The molecule has 2 aromatic carbocycles. The van der Waals surface area contributed by atoms with Gasteiger partial charge in [-0.1, -0.05) is 24.3 Å². The average molecular weight is 566 g/mol. The van der Waals surface area contributed by atoms with Crippen molar-refractivity contribution < 1.29 is 40.7 Å². The lowest BCUT2D eigenvalue weighted by Gasteiger charge is -2.26. The van der Waals surface area contributed by atoms with E-state index in [-0.39, 0.29) is 41.8 Å². The first-order chi connectivity index (χ1) is 18.8. The molecule has 1 saturated heterocycles. The first-order valence-corrected chi connectivity index (χ1v) is 12.3. The fraction of sp³-hybridized carbons (Fsp3) is 0.321. The standard InChI is InChI=1S/C28H25F6N3O3/c1-17-4-2-3-5-21(17)22-15-24(26(39)37-8-10-40-11-9-37)36-16-23(22)25(38)35-7-6-18-12-19(27(29,30)31)14-20(13-18)28(32,33)34/h2-5,12-16H,6-11H2,1H3,(H,35,38). The maximum Gasteiger partial charge on any atom is 0.416 e. The van der Waals surface area contributed by atoms with Crippen LogP contribution in [-0.2, 0) is 23.5 Å². The van der Waals surface area contributed by atoms with Crippen molar-refractivity contribution in [2.45, 2.75) is 25.7 Å². The van der Waals surface area contributed by atoms with Crippen LogP contribution in [0.3, 0.4) is 0 Å². The Kier molecular flexibility index (Phi) is 8.48. The number of benzene rings is 2. The van der Waals surface area contributed by atoms with E-state index in [1.165, 1.54) is 12.3 Å². The number of hydrogen-bond acceptors (Lipinski definition) is 4. The van der Waals surface area contributed by atoms with E-state index in [4.69, 9.17) is 4.74 Å². The highest BCUT2D eigenvalue weighted by Gasteiger charge is 2.36. The zero-order valence-corrected chi connectivity index (χ0v) is 21.3. The smallest absolute Gasteiger partial charge is 0.378 e. The van der Waals surface area contributed by atoms with Crippen LogP contribution in [0, 0.1) is 6.92 Å². The molecule has 6 nitrogen and oxygen atoms in total. The van der Waals surface area contributed by atoms with Crippen molar-refractivity contribution in [2.24, 2.45) is 0 Å². The molecule has 1 aromatic heterocycles. The summed E-state index contributed by atoms with van der Waals surface area (Å²) in [6.45, 7) is 3.18. The van der Waals surface area contributed by atoms with Gasteiger partial charge in [0.05, 0.1) is 29.9 Å². The molecule has 0 aliphatic carbocycles. The summed E-state index contributed by atoms with van der Waals surface area (Å²) in [4.78, 5) is 32.0. The van der Waals surface area contributed by atoms with Gasteiger partial charge in [-0.2, -0.15) is 26.3 Å². The molecule has 12 heteroatoms. The van der Waals surface area contributed by atoms with E-state index in [0.717, 1.165) is 5.56 Å². The first-order valence-electron chi connectivity index (χ1n) is 12.3. The zero-order chi connectivity index (χ0) is 29.1. The summed E-state index contributed by atoms with van der Waals surface area (Å²) < 4.78 is 84.3. The number of halogens is 6. The second-order valence-corrected chi connectivity index (χ2v) is 9.25. The molecule has 212 valence electrons. The van der Waals surface area contributed by atoms with Gasteiger partial charge in [0, 0.05) is 25.8 Å². The molecule has 40 heavy (non-hydrogen) atoms. The van der Waals surface area contributed by atoms with Crippen LogP contribution in [0.5, 0.6) is 0 Å². The monoisotopic (exact) mass is 565 g/mol. The van der Waals surface area contributed by atoms with E-state index in [0.29, 0.717) is 49.6 Å². The van der Waals surface area contributed by atoms with E-state index >= 15 is 0 Å². The highest BCUT2D eigenvalue weighted by molar-refractivity contribution is 6.03. The lowest BCUT2D eigenvalue weighted by Crippen LogP contribution is -2.41. The summed E-state index contributed by atoms with van der Waals surface area (Å²) in [6.07, 6.45) is -8.96. The van der Waals surface area contributed by atoms with Gasteiger partial charge < -0.3 is 15.0 Å². The number of morpholine rings is 1. The lowest BCUT2D eigenvalue weighted by molar-refractivity contribution is -0.143. The molecule has 1 fully saturated rings. The molecule has 4 rings (SSSR count). The molecule has 0 saturated carbocycles. The number of aryl methyl sites for hydroxylation is 1. The Bertz CT molecular complexity index is 1370. The summed E-state index contributed by atoms with van der Waals surface area (Å²) in [7, 11) is 0. The number of hydrogen-bond donors (Lipinski definition) is 1. The van der Waals surface area contributed by atoms with E-state index in [2.05, 4.69) is 10.3 Å². The van der Waals surface area contributed by atoms with Crippen LogP contribution in [0.25, 0.3) is 11.1 Å². The average Bonchev–Trinajstić information content (AvgIpc) is 2.92. The van der Waals surface area contributed by atoms with E-state index in [1.807, 2.05) is 19.1 Å². The molecule has 0 unspecified atom stereocenters. The molecule has 0 atom stereocenters. The van der Waals surface area contributed by atoms with Crippen molar-refractivity contribution in [3.63, 3.8) is 0 Å². The molecule has 1 N–H and O–H groups in total. The third kappa shape index (κ3) is 6.79. The topological polar surface area (TPSA) is 71.5 Å². The SMILES string of the molecule is Cc1ccccc1-c1cc(C(=O)N2CCOCC2)ncc1C(=O)NCCc1cc(C(F)(F)F)cc(C(F)(F)F)c1. The second kappa shape index (κ2) is 11.7. The van der Waals surface area contributed by atoms with Gasteiger partial charge in [-0.15, -0.1) is 0 Å². The number of alkyl halides is 6. The van der Waals surface area contributed by atoms with Gasteiger partial charge in [-0.25, -0.2) is 0 Å². The number of rotatable bonds is 6. The Labute approximate surface area is 226 Å². The molecule has 3 aromatic rings. The van der Waals surface area contributed by atoms with E-state index in [1.54, 1.807) is 17.0 Å². The lowest BCUT2D eigenvalue weighted by atomic mass is 9.96. The normalized spacial score (nSPS) is 14.2. The molecule has 2 amide bonds. The molecule has 0 bridgehead atoms. The van der Waals surface area contributed by atoms with Gasteiger partial charge in [0.25, 0.3) is 11.8 Å². The van der Waals surface area contributed by atoms with Crippen LogP contribution < -0.4 is 5.32 Å². The Morgan fingerprint density at radius 2 is 1.55 bits per heavy atom. The van der Waals surface area contributed by atoms with Crippen molar-refractivity contribution in [1.82, 2.24) is 15.2 Å². The Morgan fingerprint density at radius 3 is 2.15 bits per heavy atom. The second-order valence-electron chi connectivity index (χ2n) is 9.25. The van der Waals surface area contributed by atoms with Gasteiger partial charge >= 0.3 is 12.4 Å². The minimum atomic E-state index is -4.96. The van der Waals surface area contributed by atoms with Crippen LogP contribution in [0.4, 0.5) is 26.3 Å². The molecular formula is C28H25F6N3O3. The van der Waals surface area contributed by atoms with Crippen LogP contribution in [0.2, 0.25) is 0 Å². The largest absolute Gasteiger partial charge is 0.416 e. The summed E-state index contributed by atoms with van der Waals surface area (Å²) >= 11 is 0. The maximum absolute atomic E-state index is 13.2. The van der Waals surface area contributed by atoms with Crippen molar-refractivity contribution in [1.29, 1.82) is 0 Å². The predicted molar refractivity (Wildman–Crippen MR) is 134 cm³/mol. The molecular weight excluding hydrogens is 540 g/mol. The fourth-order valence-corrected chi connectivity index (χ4v) is 4.36. The summed E-state index contributed by atoms with van der Waals surface area (Å²) in [5.74, 6) is -0.964. The number of carbonyl (C=O) groups is 2. The Balaban J connectivity index is 1.58. The zero-order valence-electron chi connectivity index (χ0n) is 21.3. The van der Waals surface area contributed by atoms with Gasteiger partial charge in [-0.05, 0) is 59.9 Å². The minimum Gasteiger partial charge on any atom is -0.378 e. The van der Waals surface area contributed by atoms with Crippen molar-refractivity contribution in [3.8, 4) is 11.1 Å². The van der Waals surface area contributed by atoms with Crippen LogP contribution in [-0.4, -0.2) is 54.5 Å². The number of amides is 2. The third-order valence-electron chi connectivity index (χ3n) is 6.45.